The third-order valence-corrected chi connectivity index (χ3v) is 3.72. The van der Waals surface area contributed by atoms with Gasteiger partial charge in [0.05, 0.1) is 5.41 Å². The van der Waals surface area contributed by atoms with Gasteiger partial charge in [0.1, 0.15) is 0 Å². The maximum absolute atomic E-state index is 11.4. The molecule has 0 aliphatic carbocycles. The lowest BCUT2D eigenvalue weighted by Gasteiger charge is -2.58. The number of hydrogen-bond donors (Lipinski definition) is 1. The standard InChI is InChI=1S/C12H23NO2/c1-10(2,3)12(9(14)15)7-13(8-12)11(4,5)6/h7-8H2,1-6H3,(H,14,15). The number of likely N-dealkylation sites (tertiary alicyclic amines) is 1. The van der Waals surface area contributed by atoms with Gasteiger partial charge in [-0.1, -0.05) is 20.8 Å². The van der Waals surface area contributed by atoms with Crippen molar-refractivity contribution in [2.24, 2.45) is 10.8 Å². The lowest BCUT2D eigenvalue weighted by atomic mass is 9.61. The van der Waals surface area contributed by atoms with Crippen molar-refractivity contribution in [3.8, 4) is 0 Å². The van der Waals surface area contributed by atoms with E-state index in [0.29, 0.717) is 13.1 Å². The molecule has 3 nitrogen and oxygen atoms in total. The van der Waals surface area contributed by atoms with Crippen LogP contribution in [0.4, 0.5) is 0 Å². The van der Waals surface area contributed by atoms with Crippen LogP contribution in [0.3, 0.4) is 0 Å². The van der Waals surface area contributed by atoms with Gasteiger partial charge in [0.15, 0.2) is 0 Å². The molecule has 1 fully saturated rings. The lowest BCUT2D eigenvalue weighted by Crippen LogP contribution is -2.70. The van der Waals surface area contributed by atoms with E-state index in [1.54, 1.807) is 0 Å². The van der Waals surface area contributed by atoms with Crippen molar-refractivity contribution in [2.75, 3.05) is 13.1 Å². The van der Waals surface area contributed by atoms with Crippen molar-refractivity contribution in [3.63, 3.8) is 0 Å². The van der Waals surface area contributed by atoms with Crippen molar-refractivity contribution in [1.29, 1.82) is 0 Å². The van der Waals surface area contributed by atoms with Crippen LogP contribution >= 0.6 is 0 Å². The van der Waals surface area contributed by atoms with Gasteiger partial charge in [-0.3, -0.25) is 9.69 Å². The summed E-state index contributed by atoms with van der Waals surface area (Å²) in [5.41, 5.74) is -0.676. The minimum absolute atomic E-state index is 0.0736. The third kappa shape index (κ3) is 1.89. The summed E-state index contributed by atoms with van der Waals surface area (Å²) < 4.78 is 0. The number of carbonyl (C=O) groups is 1. The average molecular weight is 213 g/mol. The van der Waals surface area contributed by atoms with Crippen LogP contribution in [0.25, 0.3) is 0 Å². The molecule has 0 unspecified atom stereocenters. The lowest BCUT2D eigenvalue weighted by molar-refractivity contribution is -0.182. The van der Waals surface area contributed by atoms with E-state index in [0.717, 1.165) is 0 Å². The summed E-state index contributed by atoms with van der Waals surface area (Å²) in [6, 6.07) is 0. The second-order valence-corrected chi connectivity index (χ2v) is 6.66. The van der Waals surface area contributed by atoms with E-state index in [-0.39, 0.29) is 11.0 Å². The topological polar surface area (TPSA) is 40.5 Å². The predicted molar refractivity (Wildman–Crippen MR) is 60.8 cm³/mol. The van der Waals surface area contributed by atoms with Gasteiger partial charge in [0.2, 0.25) is 0 Å². The first kappa shape index (κ1) is 12.5. The summed E-state index contributed by atoms with van der Waals surface area (Å²) in [6.07, 6.45) is 0. The molecule has 0 saturated carbocycles. The molecule has 1 aliphatic rings. The summed E-state index contributed by atoms with van der Waals surface area (Å²) >= 11 is 0. The van der Waals surface area contributed by atoms with E-state index in [9.17, 15) is 9.90 Å². The minimum atomic E-state index is -0.657. The molecule has 0 aromatic rings. The third-order valence-electron chi connectivity index (χ3n) is 3.72. The van der Waals surface area contributed by atoms with E-state index < -0.39 is 11.4 Å². The fourth-order valence-corrected chi connectivity index (χ4v) is 2.01. The first-order valence-electron chi connectivity index (χ1n) is 5.49. The zero-order chi connectivity index (χ0) is 12.1. The number of nitrogens with zero attached hydrogens (tertiary/aromatic N) is 1. The molecule has 1 aliphatic heterocycles. The summed E-state index contributed by atoms with van der Waals surface area (Å²) in [7, 11) is 0. The molecule has 0 spiro atoms. The zero-order valence-corrected chi connectivity index (χ0v) is 10.7. The number of carboxylic acids is 1. The molecule has 1 N–H and O–H groups in total. The van der Waals surface area contributed by atoms with Gasteiger partial charge in [-0.2, -0.15) is 0 Å². The molecular weight excluding hydrogens is 190 g/mol. The van der Waals surface area contributed by atoms with Crippen LogP contribution in [0, 0.1) is 10.8 Å². The maximum Gasteiger partial charge on any atom is 0.312 e. The zero-order valence-electron chi connectivity index (χ0n) is 10.7. The van der Waals surface area contributed by atoms with Gasteiger partial charge in [0.25, 0.3) is 0 Å². The normalized spacial score (nSPS) is 22.3. The van der Waals surface area contributed by atoms with Gasteiger partial charge in [0, 0.05) is 18.6 Å². The van der Waals surface area contributed by atoms with Crippen LogP contribution in [0.1, 0.15) is 41.5 Å². The monoisotopic (exact) mass is 213 g/mol. The Bertz CT molecular complexity index is 264. The molecule has 15 heavy (non-hydrogen) atoms. The van der Waals surface area contributed by atoms with Crippen LogP contribution in [0.5, 0.6) is 0 Å². The highest BCUT2D eigenvalue weighted by atomic mass is 16.4. The molecule has 0 bridgehead atoms. The number of aliphatic carboxylic acids is 1. The number of carboxylic acid groups (broad SMARTS) is 1. The molecule has 0 radical (unpaired) electrons. The molecule has 1 heterocycles. The molecule has 0 aromatic carbocycles. The van der Waals surface area contributed by atoms with E-state index in [1.807, 2.05) is 20.8 Å². The minimum Gasteiger partial charge on any atom is -0.481 e. The SMILES string of the molecule is CC(C)(C)N1CC(C(=O)O)(C(C)(C)C)C1. The Labute approximate surface area is 92.5 Å². The van der Waals surface area contributed by atoms with Crippen LogP contribution in [0.15, 0.2) is 0 Å². The Morgan fingerprint density at radius 3 is 1.73 bits per heavy atom. The van der Waals surface area contributed by atoms with Crippen molar-refractivity contribution >= 4 is 5.97 Å². The average Bonchev–Trinajstić information content (AvgIpc) is 1.73. The van der Waals surface area contributed by atoms with Gasteiger partial charge in [-0.05, 0) is 26.2 Å². The van der Waals surface area contributed by atoms with Crippen molar-refractivity contribution in [1.82, 2.24) is 4.90 Å². The second-order valence-electron chi connectivity index (χ2n) is 6.66. The summed E-state index contributed by atoms with van der Waals surface area (Å²) in [6.45, 7) is 13.7. The van der Waals surface area contributed by atoms with Crippen molar-refractivity contribution < 1.29 is 9.90 Å². The highest BCUT2D eigenvalue weighted by Gasteiger charge is 2.58. The molecule has 88 valence electrons. The Morgan fingerprint density at radius 1 is 1.13 bits per heavy atom. The maximum atomic E-state index is 11.4. The first-order valence-corrected chi connectivity index (χ1v) is 5.49. The second kappa shape index (κ2) is 3.21. The van der Waals surface area contributed by atoms with E-state index in [2.05, 4.69) is 25.7 Å². The number of rotatable bonds is 1. The summed E-state index contributed by atoms with van der Waals surface area (Å²) in [5, 5.41) is 9.38. The molecule has 3 heteroatoms. The van der Waals surface area contributed by atoms with Crippen LogP contribution < -0.4 is 0 Å². The van der Waals surface area contributed by atoms with Crippen molar-refractivity contribution in [2.45, 2.75) is 47.1 Å². The predicted octanol–water partition coefficient (Wildman–Crippen LogP) is 2.22. The smallest absolute Gasteiger partial charge is 0.312 e. The van der Waals surface area contributed by atoms with Crippen LogP contribution in [-0.4, -0.2) is 34.6 Å². The van der Waals surface area contributed by atoms with E-state index in [1.165, 1.54) is 0 Å². The fraction of sp³-hybridized carbons (Fsp3) is 0.917. The Hall–Kier alpha value is -0.570. The first-order chi connectivity index (χ1) is 6.51. The molecular formula is C12H23NO2. The Balaban J connectivity index is 2.84. The van der Waals surface area contributed by atoms with E-state index >= 15 is 0 Å². The van der Waals surface area contributed by atoms with Crippen molar-refractivity contribution in [3.05, 3.63) is 0 Å². The molecule has 1 rings (SSSR count). The largest absolute Gasteiger partial charge is 0.481 e. The molecule has 1 saturated heterocycles. The highest BCUT2D eigenvalue weighted by Crippen LogP contribution is 2.48. The molecule has 0 atom stereocenters. The van der Waals surface area contributed by atoms with Crippen LogP contribution in [0.2, 0.25) is 0 Å². The Kier molecular flexibility index (Phi) is 2.67. The Morgan fingerprint density at radius 2 is 1.53 bits per heavy atom. The van der Waals surface area contributed by atoms with Crippen LogP contribution in [-0.2, 0) is 4.79 Å². The summed E-state index contributed by atoms with van der Waals surface area (Å²) in [5.74, 6) is -0.657. The van der Waals surface area contributed by atoms with Gasteiger partial charge in [-0.25, -0.2) is 0 Å². The van der Waals surface area contributed by atoms with Gasteiger partial charge < -0.3 is 5.11 Å². The highest BCUT2D eigenvalue weighted by molar-refractivity contribution is 5.77. The molecule has 0 aromatic heterocycles. The van der Waals surface area contributed by atoms with Gasteiger partial charge >= 0.3 is 5.97 Å². The fourth-order valence-electron chi connectivity index (χ4n) is 2.01. The van der Waals surface area contributed by atoms with E-state index in [4.69, 9.17) is 0 Å². The van der Waals surface area contributed by atoms with Gasteiger partial charge in [-0.15, -0.1) is 0 Å². The number of hydrogen-bond acceptors (Lipinski definition) is 2. The molecule has 0 amide bonds. The quantitative estimate of drug-likeness (QED) is 0.726. The summed E-state index contributed by atoms with van der Waals surface area (Å²) in [4.78, 5) is 13.6.